The van der Waals surface area contributed by atoms with Crippen molar-refractivity contribution >= 4 is 39.1 Å². The Morgan fingerprint density at radius 2 is 2.04 bits per heavy atom. The van der Waals surface area contributed by atoms with Gasteiger partial charge in [-0.05, 0) is 43.3 Å². The summed E-state index contributed by atoms with van der Waals surface area (Å²) < 4.78 is 13.9. The summed E-state index contributed by atoms with van der Waals surface area (Å²) in [6.07, 6.45) is 5.51. The minimum atomic E-state index is -0.403. The lowest BCUT2D eigenvalue weighted by Crippen LogP contribution is -2.19. The average Bonchev–Trinajstić information content (AvgIpc) is 3.00. The van der Waals surface area contributed by atoms with E-state index in [1.165, 1.54) is 11.3 Å². The predicted octanol–water partition coefficient (Wildman–Crippen LogP) is 3.89. The van der Waals surface area contributed by atoms with Crippen molar-refractivity contribution in [3.8, 4) is 23.8 Å². The average molecular weight is 401 g/mol. The van der Waals surface area contributed by atoms with Gasteiger partial charge in [0, 0.05) is 5.02 Å². The molecular weight excluding hydrogens is 384 g/mol. The quantitative estimate of drug-likeness (QED) is 0.590. The van der Waals surface area contributed by atoms with E-state index in [2.05, 4.69) is 10.9 Å². The number of thiazole rings is 1. The molecule has 27 heavy (non-hydrogen) atoms. The highest BCUT2D eigenvalue weighted by Gasteiger charge is 2.12. The Morgan fingerprint density at radius 1 is 1.26 bits per heavy atom. The van der Waals surface area contributed by atoms with Crippen LogP contribution in [0.15, 0.2) is 47.5 Å². The summed E-state index contributed by atoms with van der Waals surface area (Å²) in [7, 11) is 0. The Morgan fingerprint density at radius 3 is 2.74 bits per heavy atom. The smallest absolute Gasteiger partial charge is 0.286 e. The molecule has 1 amide bonds. The van der Waals surface area contributed by atoms with Gasteiger partial charge in [0.2, 0.25) is 0 Å². The molecule has 0 fully saturated rings. The monoisotopic (exact) mass is 400 g/mol. The molecule has 0 spiro atoms. The molecule has 0 atom stereocenters. The number of amides is 1. The molecular formula is C20H17ClN2O3S. The van der Waals surface area contributed by atoms with Crippen LogP contribution in [0, 0.1) is 12.3 Å². The number of rotatable bonds is 6. The summed E-state index contributed by atoms with van der Waals surface area (Å²) >= 11 is 7.22. The molecule has 5 nitrogen and oxygen atoms in total. The Balaban J connectivity index is 1.91. The molecule has 7 heteroatoms. The number of fused-ring (bicyclic) bond motifs is 1. The molecule has 1 heterocycles. The Hall–Kier alpha value is -2.75. The molecule has 138 valence electrons. The number of aromatic nitrogens is 1. The fraction of sp³-hybridized carbons (Fsp3) is 0.200. The maximum atomic E-state index is 12.3. The van der Waals surface area contributed by atoms with Crippen molar-refractivity contribution in [3.05, 3.63) is 52.3 Å². The molecule has 2 aromatic carbocycles. The first-order valence-corrected chi connectivity index (χ1v) is 9.46. The number of hydrogen-bond acceptors (Lipinski definition) is 4. The van der Waals surface area contributed by atoms with E-state index in [4.69, 9.17) is 27.5 Å². The van der Waals surface area contributed by atoms with Crippen LogP contribution in [-0.4, -0.2) is 23.7 Å². The number of hydrogen-bond donors (Lipinski definition) is 0. The van der Waals surface area contributed by atoms with Crippen LogP contribution in [-0.2, 0) is 11.3 Å². The second-order valence-corrected chi connectivity index (χ2v) is 6.90. The summed E-state index contributed by atoms with van der Waals surface area (Å²) in [5, 5.41) is 0.601. The van der Waals surface area contributed by atoms with E-state index < -0.39 is 5.91 Å². The van der Waals surface area contributed by atoms with Crippen LogP contribution in [0.4, 0.5) is 0 Å². The second-order valence-electron chi connectivity index (χ2n) is 5.46. The van der Waals surface area contributed by atoms with Crippen molar-refractivity contribution in [1.82, 2.24) is 4.57 Å². The maximum Gasteiger partial charge on any atom is 0.286 e. The van der Waals surface area contributed by atoms with Gasteiger partial charge in [-0.25, -0.2) is 0 Å². The van der Waals surface area contributed by atoms with E-state index in [9.17, 15) is 4.79 Å². The molecule has 3 rings (SSSR count). The van der Waals surface area contributed by atoms with E-state index in [1.807, 2.05) is 29.7 Å². The largest absolute Gasteiger partial charge is 0.492 e. The van der Waals surface area contributed by atoms with Gasteiger partial charge in [-0.3, -0.25) is 4.79 Å². The normalized spacial score (nSPS) is 11.4. The molecule has 0 radical (unpaired) electrons. The lowest BCUT2D eigenvalue weighted by Gasteiger charge is -2.07. The Bertz CT molecular complexity index is 1060. The van der Waals surface area contributed by atoms with Crippen LogP contribution in [0.3, 0.4) is 0 Å². The highest BCUT2D eigenvalue weighted by Crippen LogP contribution is 2.27. The minimum absolute atomic E-state index is 0.176. The zero-order valence-corrected chi connectivity index (χ0v) is 16.2. The van der Waals surface area contributed by atoms with Gasteiger partial charge in [0.05, 0.1) is 17.9 Å². The zero-order chi connectivity index (χ0) is 19.2. The van der Waals surface area contributed by atoms with E-state index in [-0.39, 0.29) is 13.2 Å². The third-order valence-corrected chi connectivity index (χ3v) is 4.91. The molecule has 1 aromatic heterocycles. The standard InChI is InChI=1S/C20H17ClN2O3S/c1-3-12-23-19-16(25-4-2)6-5-7-17(19)27-20(23)22-18(24)13-26-15-10-8-14(21)9-11-15/h1,5-11H,4,12-13H2,2H3. The molecule has 0 saturated heterocycles. The molecule has 3 aromatic rings. The number of carbonyl (C=O) groups excluding carboxylic acids is 1. The van der Waals surface area contributed by atoms with Crippen LogP contribution in [0.2, 0.25) is 5.02 Å². The lowest BCUT2D eigenvalue weighted by atomic mass is 10.3. The first-order valence-electron chi connectivity index (χ1n) is 8.27. The van der Waals surface area contributed by atoms with Crippen molar-refractivity contribution in [2.75, 3.05) is 13.2 Å². The number of nitrogens with zero attached hydrogens (tertiary/aromatic N) is 2. The third kappa shape index (κ3) is 4.51. The molecule has 0 saturated carbocycles. The van der Waals surface area contributed by atoms with E-state index >= 15 is 0 Å². The summed E-state index contributed by atoms with van der Waals surface area (Å²) in [5.41, 5.74) is 0.840. The van der Waals surface area contributed by atoms with E-state index in [0.717, 1.165) is 10.2 Å². The van der Waals surface area contributed by atoms with Crippen molar-refractivity contribution in [1.29, 1.82) is 0 Å². The van der Waals surface area contributed by atoms with Crippen LogP contribution >= 0.6 is 22.9 Å². The van der Waals surface area contributed by atoms with Crippen LogP contribution in [0.5, 0.6) is 11.5 Å². The highest BCUT2D eigenvalue weighted by atomic mass is 35.5. The molecule has 0 unspecified atom stereocenters. The van der Waals surface area contributed by atoms with E-state index in [0.29, 0.717) is 27.9 Å². The SMILES string of the molecule is C#CCn1c(=NC(=O)COc2ccc(Cl)cc2)sc2cccc(OCC)c21. The second kappa shape index (κ2) is 8.76. The number of terminal acetylenes is 1. The lowest BCUT2D eigenvalue weighted by molar-refractivity contribution is -0.120. The van der Waals surface area contributed by atoms with Crippen LogP contribution in [0.25, 0.3) is 10.2 Å². The third-order valence-electron chi connectivity index (χ3n) is 3.61. The first-order chi connectivity index (χ1) is 13.1. The number of benzene rings is 2. The number of para-hydroxylation sites is 1. The molecule has 0 N–H and O–H groups in total. The summed E-state index contributed by atoms with van der Waals surface area (Å²) in [5.74, 6) is 3.47. The molecule has 0 aliphatic rings. The Kier molecular flexibility index (Phi) is 6.17. The summed E-state index contributed by atoms with van der Waals surface area (Å²) in [6.45, 7) is 2.56. The van der Waals surface area contributed by atoms with Crippen molar-refractivity contribution in [2.45, 2.75) is 13.5 Å². The van der Waals surface area contributed by atoms with Gasteiger partial charge in [0.25, 0.3) is 5.91 Å². The van der Waals surface area contributed by atoms with E-state index in [1.54, 1.807) is 24.3 Å². The fourth-order valence-electron chi connectivity index (χ4n) is 2.51. The molecule has 0 bridgehead atoms. The van der Waals surface area contributed by atoms with Crippen LogP contribution < -0.4 is 14.3 Å². The fourth-order valence-corrected chi connectivity index (χ4v) is 3.70. The van der Waals surface area contributed by atoms with Crippen molar-refractivity contribution < 1.29 is 14.3 Å². The van der Waals surface area contributed by atoms with Gasteiger partial charge >= 0.3 is 0 Å². The van der Waals surface area contributed by atoms with Gasteiger partial charge in [-0.2, -0.15) is 4.99 Å². The summed E-state index contributed by atoms with van der Waals surface area (Å²) in [6, 6.07) is 12.5. The van der Waals surface area contributed by atoms with Gasteiger partial charge in [-0.1, -0.05) is 34.9 Å². The maximum absolute atomic E-state index is 12.3. The predicted molar refractivity (Wildman–Crippen MR) is 107 cm³/mol. The van der Waals surface area contributed by atoms with Crippen molar-refractivity contribution in [2.24, 2.45) is 4.99 Å². The van der Waals surface area contributed by atoms with Crippen LogP contribution in [0.1, 0.15) is 6.92 Å². The van der Waals surface area contributed by atoms with Crippen molar-refractivity contribution in [3.63, 3.8) is 0 Å². The Labute approximate surface area is 165 Å². The number of carbonyl (C=O) groups is 1. The number of ether oxygens (including phenoxy) is 2. The van der Waals surface area contributed by atoms with Gasteiger partial charge < -0.3 is 14.0 Å². The number of halogens is 1. The molecule has 0 aliphatic heterocycles. The minimum Gasteiger partial charge on any atom is -0.492 e. The zero-order valence-electron chi connectivity index (χ0n) is 14.6. The van der Waals surface area contributed by atoms with Gasteiger partial charge in [0.1, 0.15) is 17.0 Å². The highest BCUT2D eigenvalue weighted by molar-refractivity contribution is 7.16. The van der Waals surface area contributed by atoms with Gasteiger partial charge in [-0.15, -0.1) is 6.42 Å². The molecule has 0 aliphatic carbocycles. The first kappa shape index (κ1) is 19.0. The van der Waals surface area contributed by atoms with Gasteiger partial charge in [0.15, 0.2) is 11.4 Å². The summed E-state index contributed by atoms with van der Waals surface area (Å²) in [4.78, 5) is 17.0. The topological polar surface area (TPSA) is 52.8 Å².